The normalized spacial score (nSPS) is 25.6. The standard InChI is InChI=1S/C56H71NO18/c1-32-39-27-44(61)55(10)25-24-45-56(31-69-45,74-35(4)60)43(55)28-42(72-50(64)37-20-15-12-16-21-37)40(54(39,8)9)26-41(32)71-51(65)49(48(36-18-13-11-14-19-36)57-52(66)75-53(5,6)7)73-47(63)23-17-22-46(62)70-38(29-67-33(2)58)30-68-34(3)59/h11-16,18-21,38,40-43,45,48-49H,17,22-31H2,1-10H3,(H,57,66)/t40?,41-,42-,43?,45+,48-,49?,55+,56+/m0/s1. The quantitative estimate of drug-likeness (QED) is 0.0870. The first kappa shape index (κ1) is 57.6. The number of fused-ring (bicyclic) bond motifs is 5. The number of carbonyl (C=O) groups excluding carboxylic acids is 9. The summed E-state index contributed by atoms with van der Waals surface area (Å²) >= 11 is 0. The molecule has 6 rings (SSSR count). The predicted molar refractivity (Wildman–Crippen MR) is 265 cm³/mol. The lowest BCUT2D eigenvalue weighted by Crippen LogP contribution is -2.71. The number of Topliss-reactive ketones (excluding diaryl/α,β-unsaturated/α-hetero) is 1. The van der Waals surface area contributed by atoms with Gasteiger partial charge in [0.2, 0.25) is 6.10 Å². The molecule has 2 aromatic rings. The van der Waals surface area contributed by atoms with E-state index in [1.54, 1.807) is 88.4 Å². The Hall–Kier alpha value is -6.63. The fourth-order valence-corrected chi connectivity index (χ4v) is 11.1. The Morgan fingerprint density at radius 2 is 1.39 bits per heavy atom. The molecule has 2 saturated carbocycles. The number of ether oxygens (including phenoxy) is 9. The highest BCUT2D eigenvalue weighted by molar-refractivity contribution is 5.90. The van der Waals surface area contributed by atoms with Gasteiger partial charge in [-0.3, -0.25) is 28.8 Å². The third-order valence-electron chi connectivity index (χ3n) is 14.9. The lowest BCUT2D eigenvalue weighted by Gasteiger charge is -2.60. The number of nitrogens with one attached hydrogen (secondary N) is 1. The Morgan fingerprint density at radius 3 is 1.95 bits per heavy atom. The van der Waals surface area contributed by atoms with Gasteiger partial charge in [-0.25, -0.2) is 14.4 Å². The van der Waals surface area contributed by atoms with Gasteiger partial charge in [-0.15, -0.1) is 0 Å². The van der Waals surface area contributed by atoms with E-state index in [1.165, 1.54) is 6.92 Å². The van der Waals surface area contributed by atoms with Crippen molar-refractivity contribution in [2.75, 3.05) is 19.8 Å². The fraction of sp³-hybridized carbons (Fsp3) is 0.589. The van der Waals surface area contributed by atoms with Crippen LogP contribution in [0.25, 0.3) is 0 Å². The predicted octanol–water partition coefficient (Wildman–Crippen LogP) is 7.35. The van der Waals surface area contributed by atoms with Crippen molar-refractivity contribution in [1.82, 2.24) is 5.32 Å². The maximum absolute atomic E-state index is 15.2. The van der Waals surface area contributed by atoms with E-state index in [-0.39, 0.29) is 63.3 Å². The summed E-state index contributed by atoms with van der Waals surface area (Å²) in [7, 11) is 0. The molecule has 9 atom stereocenters. The first-order valence-electron chi connectivity index (χ1n) is 25.4. The first-order valence-corrected chi connectivity index (χ1v) is 25.4. The zero-order valence-electron chi connectivity index (χ0n) is 44.5. The molecule has 75 heavy (non-hydrogen) atoms. The van der Waals surface area contributed by atoms with Crippen LogP contribution in [0.5, 0.6) is 0 Å². The molecule has 19 heteroatoms. The largest absolute Gasteiger partial charge is 0.462 e. The van der Waals surface area contributed by atoms with Crippen molar-refractivity contribution >= 4 is 53.7 Å². The maximum atomic E-state index is 15.2. The zero-order valence-corrected chi connectivity index (χ0v) is 44.5. The van der Waals surface area contributed by atoms with Crippen LogP contribution in [0.15, 0.2) is 71.8 Å². The van der Waals surface area contributed by atoms with Gasteiger partial charge >= 0.3 is 47.9 Å². The van der Waals surface area contributed by atoms with E-state index in [0.717, 1.165) is 13.8 Å². The second-order valence-electron chi connectivity index (χ2n) is 21.7. The number of carbonyl (C=O) groups is 9. The number of benzene rings is 2. The van der Waals surface area contributed by atoms with Crippen molar-refractivity contribution in [1.29, 1.82) is 0 Å². The second kappa shape index (κ2) is 23.9. The van der Waals surface area contributed by atoms with Gasteiger partial charge < -0.3 is 47.9 Å². The van der Waals surface area contributed by atoms with E-state index in [0.29, 0.717) is 29.6 Å². The Labute approximate surface area is 437 Å². The first-order chi connectivity index (χ1) is 35.2. The van der Waals surface area contributed by atoms with Crippen molar-refractivity contribution in [2.45, 2.75) is 168 Å². The van der Waals surface area contributed by atoms with Gasteiger partial charge in [0, 0.05) is 57.3 Å². The summed E-state index contributed by atoms with van der Waals surface area (Å²) in [5.41, 5.74) is -2.23. The monoisotopic (exact) mass is 1050 g/mol. The number of amides is 1. The van der Waals surface area contributed by atoms with Gasteiger partial charge in [0.15, 0.2) is 11.7 Å². The summed E-state index contributed by atoms with van der Waals surface area (Å²) in [6.07, 6.45) is -6.41. The minimum Gasteiger partial charge on any atom is -0.462 e. The van der Waals surface area contributed by atoms with E-state index >= 15 is 9.59 Å². The lowest BCUT2D eigenvalue weighted by atomic mass is 9.54. The molecule has 2 bridgehead atoms. The molecular weight excluding hydrogens is 975 g/mol. The number of rotatable bonds is 18. The van der Waals surface area contributed by atoms with Crippen LogP contribution in [-0.4, -0.2) is 115 Å². The molecule has 1 aliphatic heterocycles. The van der Waals surface area contributed by atoms with Gasteiger partial charge in [0.05, 0.1) is 12.2 Å². The average molecular weight is 1050 g/mol. The molecular formula is C56H71NO18. The SMILES string of the molecule is CC(=O)OCC(COC(C)=O)OC(=O)CCCC(=O)OC(C(=O)O[C@H]1CC2[C@@H](OC(=O)c3ccccc3)CC3[C@@](C)(CC[C@H]4OC[C@@]34OC(C)=O)C(=O)CC(=C1C)C2(C)C)[C@@H](NC(=O)OC(C)(C)C)c1ccccc1. The van der Waals surface area contributed by atoms with Gasteiger partial charge in [-0.2, -0.15) is 0 Å². The average Bonchev–Trinajstić information content (AvgIpc) is 3.33. The van der Waals surface area contributed by atoms with Crippen molar-refractivity contribution < 1.29 is 85.8 Å². The molecule has 3 unspecified atom stereocenters. The summed E-state index contributed by atoms with van der Waals surface area (Å²) in [5.74, 6) is -6.68. The molecule has 0 radical (unpaired) electrons. The Morgan fingerprint density at radius 1 is 0.787 bits per heavy atom. The van der Waals surface area contributed by atoms with E-state index < -0.39 is 125 Å². The Kier molecular flexibility index (Phi) is 18.4. The van der Waals surface area contributed by atoms with E-state index in [2.05, 4.69) is 5.32 Å². The number of hydrogen-bond acceptors (Lipinski definition) is 18. The van der Waals surface area contributed by atoms with Crippen molar-refractivity contribution in [3.05, 3.63) is 82.9 Å². The smallest absolute Gasteiger partial charge is 0.408 e. The van der Waals surface area contributed by atoms with Gasteiger partial charge in [0.1, 0.15) is 49.0 Å². The second-order valence-corrected chi connectivity index (χ2v) is 21.7. The van der Waals surface area contributed by atoms with E-state index in [1.807, 2.05) is 20.8 Å². The minimum absolute atomic E-state index is 0.0556. The number of esters is 7. The van der Waals surface area contributed by atoms with Gasteiger partial charge in [0.25, 0.3) is 0 Å². The highest BCUT2D eigenvalue weighted by atomic mass is 16.6. The topological polar surface area (TPSA) is 249 Å². The molecule has 1 heterocycles. The molecule has 0 spiro atoms. The highest BCUT2D eigenvalue weighted by Gasteiger charge is 2.68. The molecule has 3 fully saturated rings. The third-order valence-corrected chi connectivity index (χ3v) is 14.9. The highest BCUT2D eigenvalue weighted by Crippen LogP contribution is 2.60. The zero-order chi connectivity index (χ0) is 55.0. The minimum atomic E-state index is -1.87. The van der Waals surface area contributed by atoms with Crippen molar-refractivity contribution in [3.8, 4) is 0 Å². The summed E-state index contributed by atoms with van der Waals surface area (Å²) in [6.45, 7) is 15.5. The molecule has 3 aliphatic carbocycles. The Balaban J connectivity index is 1.35. The van der Waals surface area contributed by atoms with Crippen LogP contribution in [0.3, 0.4) is 0 Å². The summed E-state index contributed by atoms with van der Waals surface area (Å²) in [6, 6.07) is 15.3. The molecule has 1 amide bonds. The Bertz CT molecular complexity index is 2480. The number of hydrogen-bond donors (Lipinski definition) is 1. The molecule has 1 N–H and O–H groups in total. The third kappa shape index (κ3) is 14.0. The van der Waals surface area contributed by atoms with Crippen LogP contribution in [0, 0.1) is 22.7 Å². The van der Waals surface area contributed by atoms with Crippen LogP contribution in [0.4, 0.5) is 4.79 Å². The van der Waals surface area contributed by atoms with Crippen molar-refractivity contribution in [2.24, 2.45) is 22.7 Å². The van der Waals surface area contributed by atoms with Crippen LogP contribution in [0.2, 0.25) is 0 Å². The lowest BCUT2D eigenvalue weighted by molar-refractivity contribution is -0.306. The number of alkyl carbamates (subject to hydrolysis) is 1. The number of ketones is 1. The van der Waals surface area contributed by atoms with E-state index in [4.69, 9.17) is 42.6 Å². The number of allylic oxidation sites excluding steroid dienone is 1. The fourth-order valence-electron chi connectivity index (χ4n) is 11.1. The molecule has 2 aromatic carbocycles. The van der Waals surface area contributed by atoms with Gasteiger partial charge in [-0.05, 0) is 88.5 Å². The van der Waals surface area contributed by atoms with Crippen molar-refractivity contribution in [3.63, 3.8) is 0 Å². The summed E-state index contributed by atoms with van der Waals surface area (Å²) in [5, 5.41) is 2.71. The van der Waals surface area contributed by atoms with Crippen LogP contribution in [0.1, 0.15) is 143 Å². The van der Waals surface area contributed by atoms with E-state index in [9.17, 15) is 33.6 Å². The molecule has 0 aromatic heterocycles. The molecule has 408 valence electrons. The van der Waals surface area contributed by atoms with Crippen LogP contribution < -0.4 is 5.32 Å². The molecule has 1 saturated heterocycles. The van der Waals surface area contributed by atoms with Crippen LogP contribution >= 0.6 is 0 Å². The summed E-state index contributed by atoms with van der Waals surface area (Å²) in [4.78, 5) is 121. The van der Waals surface area contributed by atoms with Crippen LogP contribution in [-0.2, 0) is 76.2 Å². The molecule has 19 nitrogen and oxygen atoms in total. The van der Waals surface area contributed by atoms with Gasteiger partial charge in [-0.1, -0.05) is 74.9 Å². The molecule has 4 aliphatic rings. The summed E-state index contributed by atoms with van der Waals surface area (Å²) < 4.78 is 52.0. The maximum Gasteiger partial charge on any atom is 0.408 e.